The minimum absolute atomic E-state index is 0.537. The zero-order valence-electron chi connectivity index (χ0n) is 12.7. The smallest absolute Gasteiger partial charge is 0.0615 e. The molecule has 3 unspecified atom stereocenters. The highest BCUT2D eigenvalue weighted by molar-refractivity contribution is 4.85. The average molecular weight is 256 g/mol. The van der Waals surface area contributed by atoms with Crippen LogP contribution in [-0.4, -0.2) is 49.8 Å². The minimum atomic E-state index is 0.537. The maximum atomic E-state index is 5.31. The van der Waals surface area contributed by atoms with Gasteiger partial charge in [-0.25, -0.2) is 0 Å². The third-order valence-electron chi connectivity index (χ3n) is 4.14. The van der Waals surface area contributed by atoms with Crippen LogP contribution in [0.3, 0.4) is 0 Å². The highest BCUT2D eigenvalue weighted by Gasteiger charge is 2.28. The molecule has 18 heavy (non-hydrogen) atoms. The van der Waals surface area contributed by atoms with Gasteiger partial charge >= 0.3 is 0 Å². The van der Waals surface area contributed by atoms with Crippen LogP contribution in [0, 0.1) is 0 Å². The van der Waals surface area contributed by atoms with Gasteiger partial charge in [-0.15, -0.1) is 0 Å². The van der Waals surface area contributed by atoms with Crippen LogP contribution in [0.1, 0.15) is 52.9 Å². The summed E-state index contributed by atoms with van der Waals surface area (Å²) in [7, 11) is 1.80. The third kappa shape index (κ3) is 4.87. The van der Waals surface area contributed by atoms with Crippen LogP contribution >= 0.6 is 0 Å². The summed E-state index contributed by atoms with van der Waals surface area (Å²) in [5, 5.41) is 3.69. The second-order valence-corrected chi connectivity index (χ2v) is 5.61. The van der Waals surface area contributed by atoms with E-state index in [1.165, 1.54) is 32.1 Å². The molecule has 108 valence electrons. The van der Waals surface area contributed by atoms with Gasteiger partial charge in [-0.1, -0.05) is 20.3 Å². The molecule has 0 bridgehead atoms. The van der Waals surface area contributed by atoms with E-state index >= 15 is 0 Å². The molecule has 0 saturated heterocycles. The SMILES string of the molecule is CCCNC1CCCC(N(CC)C(C)COC)C1. The minimum Gasteiger partial charge on any atom is -0.383 e. The quantitative estimate of drug-likeness (QED) is 0.722. The molecular weight excluding hydrogens is 224 g/mol. The molecule has 1 saturated carbocycles. The molecule has 3 nitrogen and oxygen atoms in total. The number of hydrogen-bond acceptors (Lipinski definition) is 3. The molecule has 0 spiro atoms. The number of methoxy groups -OCH3 is 1. The Bertz CT molecular complexity index is 211. The second-order valence-electron chi connectivity index (χ2n) is 5.61. The number of nitrogens with one attached hydrogen (secondary N) is 1. The summed E-state index contributed by atoms with van der Waals surface area (Å²) in [6.07, 6.45) is 6.61. The molecule has 3 heteroatoms. The molecule has 0 aromatic heterocycles. The Morgan fingerprint density at radius 1 is 1.33 bits per heavy atom. The van der Waals surface area contributed by atoms with Crippen LogP contribution in [0.25, 0.3) is 0 Å². The van der Waals surface area contributed by atoms with Gasteiger partial charge in [0.05, 0.1) is 6.61 Å². The first-order chi connectivity index (χ1) is 8.72. The molecule has 0 amide bonds. The number of likely N-dealkylation sites (N-methyl/N-ethyl adjacent to an activating group) is 1. The number of ether oxygens (including phenoxy) is 1. The van der Waals surface area contributed by atoms with Gasteiger partial charge in [0.15, 0.2) is 0 Å². The van der Waals surface area contributed by atoms with Gasteiger partial charge in [-0.3, -0.25) is 4.90 Å². The largest absolute Gasteiger partial charge is 0.383 e. The van der Waals surface area contributed by atoms with Crippen molar-refractivity contribution >= 4 is 0 Å². The Balaban J connectivity index is 2.46. The van der Waals surface area contributed by atoms with Crippen molar-refractivity contribution in [1.29, 1.82) is 0 Å². The first kappa shape index (κ1) is 15.9. The summed E-state index contributed by atoms with van der Waals surface area (Å²) in [5.41, 5.74) is 0. The monoisotopic (exact) mass is 256 g/mol. The topological polar surface area (TPSA) is 24.5 Å². The molecule has 1 rings (SSSR count). The number of rotatable bonds is 8. The van der Waals surface area contributed by atoms with Crippen molar-refractivity contribution in [1.82, 2.24) is 10.2 Å². The molecule has 0 aromatic rings. The second kappa shape index (κ2) is 8.89. The predicted molar refractivity (Wildman–Crippen MR) is 78.1 cm³/mol. The van der Waals surface area contributed by atoms with Crippen LogP contribution in [-0.2, 0) is 4.74 Å². The molecule has 0 heterocycles. The number of hydrogen-bond donors (Lipinski definition) is 1. The van der Waals surface area contributed by atoms with Crippen molar-refractivity contribution in [2.75, 3.05) is 26.8 Å². The summed E-state index contributed by atoms with van der Waals surface area (Å²) >= 11 is 0. The lowest BCUT2D eigenvalue weighted by Gasteiger charge is -2.40. The van der Waals surface area contributed by atoms with Crippen molar-refractivity contribution < 1.29 is 4.74 Å². The van der Waals surface area contributed by atoms with Gasteiger partial charge in [0.25, 0.3) is 0 Å². The normalized spacial score (nSPS) is 26.5. The summed E-state index contributed by atoms with van der Waals surface area (Å²) in [6.45, 7) is 9.95. The van der Waals surface area contributed by atoms with Crippen molar-refractivity contribution in [3.8, 4) is 0 Å². The van der Waals surface area contributed by atoms with Gasteiger partial charge < -0.3 is 10.1 Å². The van der Waals surface area contributed by atoms with E-state index in [0.29, 0.717) is 6.04 Å². The Labute approximate surface area is 113 Å². The van der Waals surface area contributed by atoms with Crippen LogP contribution in [0.2, 0.25) is 0 Å². The molecule has 0 aliphatic heterocycles. The predicted octanol–water partition coefficient (Wildman–Crippen LogP) is 2.65. The Hall–Kier alpha value is -0.120. The highest BCUT2D eigenvalue weighted by Crippen LogP contribution is 2.24. The van der Waals surface area contributed by atoms with E-state index in [-0.39, 0.29) is 0 Å². The van der Waals surface area contributed by atoms with E-state index in [1.807, 2.05) is 0 Å². The summed E-state index contributed by atoms with van der Waals surface area (Å²) in [6, 6.07) is 2.01. The molecule has 3 atom stereocenters. The Kier molecular flexibility index (Phi) is 7.87. The lowest BCUT2D eigenvalue weighted by Crippen LogP contribution is -2.49. The highest BCUT2D eigenvalue weighted by atomic mass is 16.5. The fourth-order valence-electron chi connectivity index (χ4n) is 3.27. The van der Waals surface area contributed by atoms with Crippen LogP contribution in [0.15, 0.2) is 0 Å². The molecule has 0 radical (unpaired) electrons. The van der Waals surface area contributed by atoms with Crippen LogP contribution in [0.5, 0.6) is 0 Å². The first-order valence-electron chi connectivity index (χ1n) is 7.70. The van der Waals surface area contributed by atoms with Crippen molar-refractivity contribution in [2.45, 2.75) is 71.0 Å². The van der Waals surface area contributed by atoms with Gasteiger partial charge in [-0.05, 0) is 45.7 Å². The fraction of sp³-hybridized carbons (Fsp3) is 1.00. The summed E-state index contributed by atoms with van der Waals surface area (Å²) < 4.78 is 5.31. The molecule has 0 aromatic carbocycles. The standard InChI is InChI=1S/C15H32N2O/c1-5-10-16-14-8-7-9-15(11-14)17(6-2)13(3)12-18-4/h13-16H,5-12H2,1-4H3. The maximum Gasteiger partial charge on any atom is 0.0615 e. The van der Waals surface area contributed by atoms with Crippen molar-refractivity contribution in [3.63, 3.8) is 0 Å². The zero-order valence-corrected chi connectivity index (χ0v) is 12.7. The maximum absolute atomic E-state index is 5.31. The Morgan fingerprint density at radius 2 is 2.11 bits per heavy atom. The molecule has 1 aliphatic rings. The van der Waals surface area contributed by atoms with Crippen LogP contribution < -0.4 is 5.32 Å². The van der Waals surface area contributed by atoms with Crippen LogP contribution in [0.4, 0.5) is 0 Å². The van der Waals surface area contributed by atoms with Crippen molar-refractivity contribution in [3.05, 3.63) is 0 Å². The Morgan fingerprint density at radius 3 is 2.72 bits per heavy atom. The van der Waals surface area contributed by atoms with E-state index in [0.717, 1.165) is 31.8 Å². The lowest BCUT2D eigenvalue weighted by atomic mass is 9.89. The zero-order chi connectivity index (χ0) is 13.4. The third-order valence-corrected chi connectivity index (χ3v) is 4.14. The van der Waals surface area contributed by atoms with E-state index < -0.39 is 0 Å². The fourth-order valence-corrected chi connectivity index (χ4v) is 3.27. The summed E-state index contributed by atoms with van der Waals surface area (Å²) in [4.78, 5) is 2.63. The van der Waals surface area contributed by atoms with Gasteiger partial charge in [0.2, 0.25) is 0 Å². The van der Waals surface area contributed by atoms with Crippen molar-refractivity contribution in [2.24, 2.45) is 0 Å². The van der Waals surface area contributed by atoms with Gasteiger partial charge in [-0.2, -0.15) is 0 Å². The van der Waals surface area contributed by atoms with E-state index in [1.54, 1.807) is 7.11 Å². The van der Waals surface area contributed by atoms with Gasteiger partial charge in [0.1, 0.15) is 0 Å². The first-order valence-corrected chi connectivity index (χ1v) is 7.70. The molecular formula is C15H32N2O. The van der Waals surface area contributed by atoms with E-state index in [2.05, 4.69) is 31.0 Å². The number of nitrogens with zero attached hydrogens (tertiary/aromatic N) is 1. The van der Waals surface area contributed by atoms with E-state index in [9.17, 15) is 0 Å². The lowest BCUT2D eigenvalue weighted by molar-refractivity contribution is 0.0537. The van der Waals surface area contributed by atoms with E-state index in [4.69, 9.17) is 4.74 Å². The summed E-state index contributed by atoms with van der Waals surface area (Å²) in [5.74, 6) is 0. The molecule has 1 aliphatic carbocycles. The van der Waals surface area contributed by atoms with Gasteiger partial charge in [0, 0.05) is 25.2 Å². The average Bonchev–Trinajstić information content (AvgIpc) is 2.38. The molecule has 1 N–H and O–H groups in total. The molecule has 1 fully saturated rings.